The zero-order chi connectivity index (χ0) is 28.0. The summed E-state index contributed by atoms with van der Waals surface area (Å²) in [6, 6.07) is 7.90. The third-order valence-corrected chi connectivity index (χ3v) is 8.80. The topological polar surface area (TPSA) is 96.4 Å². The Morgan fingerprint density at radius 1 is 1.05 bits per heavy atom. The second-order valence-corrected chi connectivity index (χ2v) is 12.1. The summed E-state index contributed by atoms with van der Waals surface area (Å²) in [6.07, 6.45) is 9.88. The highest BCUT2D eigenvalue weighted by Crippen LogP contribution is 2.58. The fraction of sp³-hybridized carbons (Fsp3) is 0.581. The number of nitrogens with zero attached hydrogens (tertiary/aromatic N) is 2. The summed E-state index contributed by atoms with van der Waals surface area (Å²) in [7, 11) is 0. The highest BCUT2D eigenvalue weighted by molar-refractivity contribution is 5.99. The molecule has 2 fully saturated rings. The van der Waals surface area contributed by atoms with Crippen molar-refractivity contribution in [1.29, 1.82) is 0 Å². The van der Waals surface area contributed by atoms with E-state index >= 15 is 0 Å². The summed E-state index contributed by atoms with van der Waals surface area (Å²) >= 11 is 0. The van der Waals surface area contributed by atoms with Crippen molar-refractivity contribution >= 4 is 17.8 Å². The van der Waals surface area contributed by atoms with E-state index in [-0.39, 0.29) is 25.0 Å². The van der Waals surface area contributed by atoms with Gasteiger partial charge in [-0.05, 0) is 52.0 Å². The monoisotopic (exact) mass is 536 g/mol. The van der Waals surface area contributed by atoms with Crippen LogP contribution in [0.2, 0.25) is 0 Å². The van der Waals surface area contributed by atoms with Gasteiger partial charge in [0.05, 0.1) is 25.2 Å². The highest BCUT2D eigenvalue weighted by Gasteiger charge is 2.76. The first-order valence-corrected chi connectivity index (χ1v) is 14.1. The number of carbonyl (C=O) groups excluding carboxylic acids is 3. The molecule has 8 nitrogen and oxygen atoms in total. The summed E-state index contributed by atoms with van der Waals surface area (Å²) in [4.78, 5) is 46.1. The first-order chi connectivity index (χ1) is 18.6. The van der Waals surface area contributed by atoms with Crippen molar-refractivity contribution in [2.24, 2.45) is 11.8 Å². The fourth-order valence-corrected chi connectivity index (χ4v) is 6.95. The molecule has 2 amide bonds. The number of cyclic esters (lactones) is 1. The van der Waals surface area contributed by atoms with Gasteiger partial charge in [0.15, 0.2) is 0 Å². The van der Waals surface area contributed by atoms with Gasteiger partial charge < -0.3 is 24.4 Å². The third-order valence-electron chi connectivity index (χ3n) is 8.80. The molecule has 5 rings (SSSR count). The largest absolute Gasteiger partial charge is 0.465 e. The van der Waals surface area contributed by atoms with E-state index in [1.165, 1.54) is 4.90 Å². The van der Waals surface area contributed by atoms with Crippen LogP contribution >= 0.6 is 0 Å². The lowest BCUT2D eigenvalue weighted by molar-refractivity contribution is -0.164. The van der Waals surface area contributed by atoms with E-state index in [0.717, 1.165) is 12.0 Å². The van der Waals surface area contributed by atoms with Crippen LogP contribution in [0.5, 0.6) is 0 Å². The van der Waals surface area contributed by atoms with Crippen LogP contribution in [-0.4, -0.2) is 81.3 Å². The van der Waals surface area contributed by atoms with Crippen LogP contribution in [0.4, 0.5) is 0 Å². The summed E-state index contributed by atoms with van der Waals surface area (Å²) < 4.78 is 12.7. The lowest BCUT2D eigenvalue weighted by Crippen LogP contribution is -2.61. The molecule has 39 heavy (non-hydrogen) atoms. The minimum absolute atomic E-state index is 0.245. The third kappa shape index (κ3) is 4.42. The molecular weight excluding hydrogens is 496 g/mol. The quantitative estimate of drug-likeness (QED) is 0.459. The molecule has 4 aliphatic heterocycles. The number of allylic oxidation sites excluding steroid dienone is 1. The van der Waals surface area contributed by atoms with Crippen LogP contribution in [0.15, 0.2) is 54.6 Å². The van der Waals surface area contributed by atoms with Crippen LogP contribution < -0.4 is 0 Å². The normalized spacial score (nSPS) is 34.3. The van der Waals surface area contributed by atoms with Crippen LogP contribution in [0.1, 0.15) is 52.5 Å². The van der Waals surface area contributed by atoms with E-state index < -0.39 is 46.6 Å². The number of likely N-dealkylation sites (tertiary alicyclic amines) is 1. The molecule has 8 heteroatoms. The van der Waals surface area contributed by atoms with Crippen LogP contribution in [0.3, 0.4) is 0 Å². The number of ether oxygens (including phenoxy) is 2. The predicted molar refractivity (Wildman–Crippen MR) is 145 cm³/mol. The zero-order valence-corrected chi connectivity index (χ0v) is 23.3. The highest BCUT2D eigenvalue weighted by atomic mass is 16.6. The Hall–Kier alpha value is -2.97. The van der Waals surface area contributed by atoms with E-state index in [4.69, 9.17) is 9.47 Å². The first kappa shape index (κ1) is 27.6. The Kier molecular flexibility index (Phi) is 7.22. The van der Waals surface area contributed by atoms with E-state index in [0.29, 0.717) is 25.8 Å². The van der Waals surface area contributed by atoms with Crippen molar-refractivity contribution in [3.05, 3.63) is 60.2 Å². The van der Waals surface area contributed by atoms with Crippen molar-refractivity contribution in [3.63, 3.8) is 0 Å². The van der Waals surface area contributed by atoms with Crippen LogP contribution in [0, 0.1) is 11.8 Å². The van der Waals surface area contributed by atoms with Gasteiger partial charge in [-0.15, -0.1) is 0 Å². The minimum atomic E-state index is -1.37. The SMILES string of the molecule is CC[C@@]12/C=C\CCCOC(=O)[C@@H]1[C@H]1C(=O)N([C@@H](CO)Cc3ccccc3)C3C(=O)N(C(C)(C)C)CC=C[C@@]31O2. The van der Waals surface area contributed by atoms with E-state index in [1.54, 1.807) is 4.90 Å². The Morgan fingerprint density at radius 2 is 1.79 bits per heavy atom. The Balaban J connectivity index is 1.69. The molecule has 0 bridgehead atoms. The van der Waals surface area contributed by atoms with Crippen LogP contribution in [-0.2, 0) is 30.3 Å². The second kappa shape index (κ2) is 10.2. The van der Waals surface area contributed by atoms with Crippen LogP contribution in [0.25, 0.3) is 0 Å². The molecule has 0 saturated carbocycles. The Bertz CT molecular complexity index is 1170. The van der Waals surface area contributed by atoms with Crippen molar-refractivity contribution in [1.82, 2.24) is 9.80 Å². The van der Waals surface area contributed by atoms with E-state index in [9.17, 15) is 19.5 Å². The average Bonchev–Trinajstić information content (AvgIpc) is 3.28. The zero-order valence-electron chi connectivity index (χ0n) is 23.3. The second-order valence-electron chi connectivity index (χ2n) is 12.1. The van der Waals surface area contributed by atoms with Gasteiger partial charge in [-0.1, -0.05) is 61.6 Å². The average molecular weight is 537 g/mol. The lowest BCUT2D eigenvalue weighted by atomic mass is 9.73. The van der Waals surface area contributed by atoms with E-state index in [1.807, 2.05) is 82.3 Å². The molecule has 4 aliphatic rings. The lowest BCUT2D eigenvalue weighted by Gasteiger charge is -2.43. The van der Waals surface area contributed by atoms with E-state index in [2.05, 4.69) is 0 Å². The molecule has 1 unspecified atom stereocenters. The Morgan fingerprint density at radius 3 is 2.46 bits per heavy atom. The van der Waals surface area contributed by atoms with Crippen molar-refractivity contribution in [3.8, 4) is 0 Å². The molecule has 1 spiro atoms. The van der Waals surface area contributed by atoms with Gasteiger partial charge in [-0.2, -0.15) is 0 Å². The van der Waals surface area contributed by atoms with Crippen molar-refractivity contribution in [2.45, 2.75) is 82.2 Å². The smallest absolute Gasteiger partial charge is 0.313 e. The van der Waals surface area contributed by atoms with Crippen molar-refractivity contribution < 1.29 is 29.0 Å². The number of benzene rings is 1. The predicted octanol–water partition coefficient (Wildman–Crippen LogP) is 3.04. The number of aliphatic hydroxyl groups excluding tert-OH is 1. The summed E-state index contributed by atoms with van der Waals surface area (Å²) in [6.45, 7) is 8.11. The number of amides is 2. The maximum Gasteiger partial charge on any atom is 0.313 e. The van der Waals surface area contributed by atoms with Gasteiger partial charge in [0.2, 0.25) is 11.8 Å². The molecule has 0 aromatic heterocycles. The molecule has 0 aliphatic carbocycles. The van der Waals surface area contributed by atoms with Gasteiger partial charge >= 0.3 is 5.97 Å². The molecule has 210 valence electrons. The maximum atomic E-state index is 14.6. The first-order valence-electron chi connectivity index (χ1n) is 14.1. The van der Waals surface area contributed by atoms with Crippen molar-refractivity contribution in [2.75, 3.05) is 19.8 Å². The summed E-state index contributed by atoms with van der Waals surface area (Å²) in [5.41, 5.74) is -2.04. The fourth-order valence-electron chi connectivity index (χ4n) is 6.95. The van der Waals surface area contributed by atoms with Gasteiger partial charge in [-0.25, -0.2) is 0 Å². The number of hydrogen-bond acceptors (Lipinski definition) is 6. The van der Waals surface area contributed by atoms with Gasteiger partial charge in [0.1, 0.15) is 23.2 Å². The number of hydrogen-bond donors (Lipinski definition) is 1. The van der Waals surface area contributed by atoms with Gasteiger partial charge in [0, 0.05) is 12.1 Å². The molecule has 1 aromatic rings. The maximum absolute atomic E-state index is 14.6. The number of aliphatic hydroxyl groups is 1. The standard InChI is InChI=1S/C31H40N2O6/c1-5-30-15-10-7-11-18-38-28(37)24(30)23-26(35)33(22(20-34)19-21-13-8-6-9-14-21)25-27(36)32(29(2,3)4)17-12-16-31(23,25)39-30/h6,8-10,12-16,22-25,34H,5,7,11,17-20H2,1-4H3/b15-10-/t22-,23+,24+,25?,30-,31+/m1/s1. The number of fused-ring (bicyclic) bond motifs is 2. The molecule has 1 N–H and O–H groups in total. The molecule has 0 radical (unpaired) electrons. The molecule has 1 aromatic carbocycles. The number of carbonyl (C=O) groups is 3. The molecule has 6 atom stereocenters. The summed E-state index contributed by atoms with van der Waals surface area (Å²) in [5.74, 6) is -2.94. The molecule has 2 saturated heterocycles. The summed E-state index contributed by atoms with van der Waals surface area (Å²) in [5, 5.41) is 10.6. The molecular formula is C31H40N2O6. The Labute approximate surface area is 230 Å². The number of esters is 1. The molecule has 4 heterocycles. The van der Waals surface area contributed by atoms with Gasteiger partial charge in [-0.3, -0.25) is 14.4 Å². The van der Waals surface area contributed by atoms with Gasteiger partial charge in [0.25, 0.3) is 0 Å². The number of rotatable bonds is 5. The minimum Gasteiger partial charge on any atom is -0.465 e.